The zero-order valence-corrected chi connectivity index (χ0v) is 16.3. The normalized spacial score (nSPS) is 13.7. The largest absolute Gasteiger partial charge is 0.377 e. The van der Waals surface area contributed by atoms with E-state index in [1.165, 1.54) is 0 Å². The van der Waals surface area contributed by atoms with E-state index < -0.39 is 15.7 Å². The Morgan fingerprint density at radius 2 is 1.71 bits per heavy atom. The van der Waals surface area contributed by atoms with Gasteiger partial charge in [-0.3, -0.25) is 0 Å². The van der Waals surface area contributed by atoms with Gasteiger partial charge in [-0.05, 0) is 39.0 Å². The summed E-state index contributed by atoms with van der Waals surface area (Å²) < 4.78 is 16.8. The van der Waals surface area contributed by atoms with Gasteiger partial charge >= 0.3 is 0 Å². The highest BCUT2D eigenvalue weighted by atomic mass is 35.5. The third kappa shape index (κ3) is 4.46. The standard InChI is InChI=1S/C19H23ClN2OS/c1-19(2,3)24(23)21-18(14-9-7-6-8-10-14)16-13-15(20)11-12-17(16)22(4)5/h6-13H,1-5H3/b21-18+. The van der Waals surface area contributed by atoms with Crippen LogP contribution in [0.1, 0.15) is 31.9 Å². The van der Waals surface area contributed by atoms with E-state index in [2.05, 4.69) is 4.40 Å². The molecular weight excluding hydrogens is 340 g/mol. The Labute approximate surface area is 152 Å². The van der Waals surface area contributed by atoms with E-state index in [9.17, 15) is 4.21 Å². The van der Waals surface area contributed by atoms with E-state index in [4.69, 9.17) is 11.6 Å². The Bertz CT molecular complexity index is 765. The molecule has 3 nitrogen and oxygen atoms in total. The lowest BCUT2D eigenvalue weighted by molar-refractivity contribution is 0.650. The van der Waals surface area contributed by atoms with Crippen molar-refractivity contribution in [3.05, 3.63) is 64.7 Å². The summed E-state index contributed by atoms with van der Waals surface area (Å²) in [4.78, 5) is 2.00. The van der Waals surface area contributed by atoms with Crippen molar-refractivity contribution in [2.45, 2.75) is 25.5 Å². The number of anilines is 1. The number of rotatable bonds is 4. The molecule has 0 aromatic heterocycles. The van der Waals surface area contributed by atoms with Crippen molar-refractivity contribution in [1.82, 2.24) is 0 Å². The van der Waals surface area contributed by atoms with Crippen LogP contribution < -0.4 is 4.90 Å². The molecule has 2 aromatic rings. The third-order valence-electron chi connectivity index (χ3n) is 3.44. The van der Waals surface area contributed by atoms with Crippen molar-refractivity contribution in [3.63, 3.8) is 0 Å². The smallest absolute Gasteiger partial charge is 0.145 e. The van der Waals surface area contributed by atoms with E-state index in [0.29, 0.717) is 10.7 Å². The molecule has 0 aliphatic heterocycles. The van der Waals surface area contributed by atoms with Crippen LogP contribution in [0.2, 0.25) is 5.02 Å². The van der Waals surface area contributed by atoms with E-state index >= 15 is 0 Å². The van der Waals surface area contributed by atoms with Crippen molar-refractivity contribution in [2.24, 2.45) is 4.40 Å². The molecule has 0 fully saturated rings. The molecule has 0 aliphatic carbocycles. The van der Waals surface area contributed by atoms with Crippen LogP contribution in [-0.4, -0.2) is 28.8 Å². The van der Waals surface area contributed by atoms with Crippen LogP contribution in [0.15, 0.2) is 52.9 Å². The van der Waals surface area contributed by atoms with Crippen molar-refractivity contribution in [2.75, 3.05) is 19.0 Å². The molecule has 0 bridgehead atoms. The molecule has 24 heavy (non-hydrogen) atoms. The average Bonchev–Trinajstić information content (AvgIpc) is 2.51. The third-order valence-corrected chi connectivity index (χ3v) is 5.07. The Morgan fingerprint density at radius 3 is 2.25 bits per heavy atom. The van der Waals surface area contributed by atoms with Crippen LogP contribution in [-0.2, 0) is 11.0 Å². The van der Waals surface area contributed by atoms with Crippen LogP contribution in [0.4, 0.5) is 5.69 Å². The first kappa shape index (κ1) is 18.7. The Hall–Kier alpha value is -1.65. The molecule has 0 spiro atoms. The molecule has 128 valence electrons. The highest BCUT2D eigenvalue weighted by Gasteiger charge is 2.22. The number of benzene rings is 2. The fourth-order valence-electron chi connectivity index (χ4n) is 2.16. The summed E-state index contributed by atoms with van der Waals surface area (Å²) in [6, 6.07) is 15.5. The van der Waals surface area contributed by atoms with Crippen molar-refractivity contribution < 1.29 is 4.21 Å². The molecule has 1 atom stereocenters. The Balaban J connectivity index is 2.71. The molecule has 5 heteroatoms. The topological polar surface area (TPSA) is 32.7 Å². The minimum Gasteiger partial charge on any atom is -0.377 e. The van der Waals surface area contributed by atoms with Crippen LogP contribution >= 0.6 is 11.6 Å². The van der Waals surface area contributed by atoms with Gasteiger partial charge in [-0.25, -0.2) is 4.21 Å². The molecule has 2 rings (SSSR count). The molecule has 0 amide bonds. The van der Waals surface area contributed by atoms with Crippen LogP contribution in [0.5, 0.6) is 0 Å². The number of halogens is 1. The van der Waals surface area contributed by atoms with Crippen LogP contribution in [0.3, 0.4) is 0 Å². The highest BCUT2D eigenvalue weighted by Crippen LogP contribution is 2.27. The van der Waals surface area contributed by atoms with Gasteiger partial charge in [0.15, 0.2) is 0 Å². The first-order valence-electron chi connectivity index (χ1n) is 7.73. The quantitative estimate of drug-likeness (QED) is 0.738. The number of hydrogen-bond acceptors (Lipinski definition) is 2. The maximum Gasteiger partial charge on any atom is 0.145 e. The van der Waals surface area contributed by atoms with Crippen molar-refractivity contribution in [3.8, 4) is 0 Å². The predicted molar refractivity (Wildman–Crippen MR) is 106 cm³/mol. The average molecular weight is 363 g/mol. The second-order valence-corrected chi connectivity index (χ2v) is 9.07. The lowest BCUT2D eigenvalue weighted by Crippen LogP contribution is -2.22. The minimum atomic E-state index is -1.37. The zero-order valence-electron chi connectivity index (χ0n) is 14.7. The van der Waals surface area contributed by atoms with Gasteiger partial charge in [0.05, 0.1) is 10.5 Å². The van der Waals surface area contributed by atoms with E-state index in [0.717, 1.165) is 16.8 Å². The first-order chi connectivity index (χ1) is 11.2. The Kier molecular flexibility index (Phi) is 5.83. The highest BCUT2D eigenvalue weighted by molar-refractivity contribution is 7.85. The molecule has 0 saturated carbocycles. The second kappa shape index (κ2) is 7.49. The minimum absolute atomic E-state index is 0.434. The van der Waals surface area contributed by atoms with Crippen LogP contribution in [0.25, 0.3) is 0 Å². The van der Waals surface area contributed by atoms with E-state index in [1.807, 2.05) is 88.3 Å². The number of hydrogen-bond donors (Lipinski definition) is 0. The summed E-state index contributed by atoms with van der Waals surface area (Å²) >= 11 is 6.23. The summed E-state index contributed by atoms with van der Waals surface area (Å²) in [6.45, 7) is 5.75. The van der Waals surface area contributed by atoms with Crippen LogP contribution in [0, 0.1) is 0 Å². The lowest BCUT2D eigenvalue weighted by atomic mass is 10.0. The van der Waals surface area contributed by atoms with Crippen molar-refractivity contribution in [1.29, 1.82) is 0 Å². The molecule has 0 saturated heterocycles. The molecule has 0 heterocycles. The second-order valence-electron chi connectivity index (χ2n) is 6.72. The Morgan fingerprint density at radius 1 is 1.08 bits per heavy atom. The van der Waals surface area contributed by atoms with Gasteiger partial charge in [0.2, 0.25) is 0 Å². The fraction of sp³-hybridized carbons (Fsp3) is 0.316. The maximum absolute atomic E-state index is 12.7. The summed E-state index contributed by atoms with van der Waals surface area (Å²) in [5.74, 6) is 0. The van der Waals surface area contributed by atoms with Crippen molar-refractivity contribution >= 4 is 34.0 Å². The lowest BCUT2D eigenvalue weighted by Gasteiger charge is -2.20. The molecule has 0 N–H and O–H groups in total. The summed E-state index contributed by atoms with van der Waals surface area (Å²) in [6.07, 6.45) is 0. The fourth-order valence-corrected chi connectivity index (χ4v) is 2.98. The molecule has 0 aliphatic rings. The van der Waals surface area contributed by atoms with Gasteiger partial charge in [0.25, 0.3) is 0 Å². The predicted octanol–water partition coefficient (Wildman–Crippen LogP) is 4.71. The van der Waals surface area contributed by atoms with Gasteiger partial charge in [0, 0.05) is 35.9 Å². The van der Waals surface area contributed by atoms with Gasteiger partial charge in [-0.1, -0.05) is 41.9 Å². The molecule has 0 radical (unpaired) electrons. The molecular formula is C19H23ClN2OS. The van der Waals surface area contributed by atoms with Gasteiger partial charge < -0.3 is 4.90 Å². The molecule has 2 aromatic carbocycles. The summed E-state index contributed by atoms with van der Waals surface area (Å²) in [5.41, 5.74) is 3.46. The van der Waals surface area contributed by atoms with E-state index in [-0.39, 0.29) is 0 Å². The summed E-state index contributed by atoms with van der Waals surface area (Å²) in [5, 5.41) is 0.626. The van der Waals surface area contributed by atoms with Gasteiger partial charge in [0.1, 0.15) is 11.0 Å². The van der Waals surface area contributed by atoms with E-state index in [1.54, 1.807) is 0 Å². The SMILES string of the molecule is CN(C)c1ccc(Cl)cc1/C(=N/S(=O)C(C)(C)C)c1ccccc1. The maximum atomic E-state index is 12.7. The summed E-state index contributed by atoms with van der Waals surface area (Å²) in [7, 11) is 2.57. The zero-order chi connectivity index (χ0) is 17.9. The molecule has 1 unspecified atom stereocenters. The first-order valence-corrected chi connectivity index (χ1v) is 9.22. The monoisotopic (exact) mass is 362 g/mol. The van der Waals surface area contributed by atoms with Gasteiger partial charge in [-0.2, -0.15) is 4.40 Å². The van der Waals surface area contributed by atoms with Gasteiger partial charge in [-0.15, -0.1) is 0 Å². The number of nitrogens with zero attached hydrogens (tertiary/aromatic N) is 2.